The van der Waals surface area contributed by atoms with Crippen molar-refractivity contribution in [1.29, 1.82) is 0 Å². The monoisotopic (exact) mass is 408 g/mol. The summed E-state index contributed by atoms with van der Waals surface area (Å²) in [6.07, 6.45) is 0.745. The van der Waals surface area contributed by atoms with Gasteiger partial charge in [0.1, 0.15) is 11.3 Å². The van der Waals surface area contributed by atoms with E-state index < -0.39 is 0 Å². The summed E-state index contributed by atoms with van der Waals surface area (Å²) < 4.78 is 7.98. The fourth-order valence-electron chi connectivity index (χ4n) is 2.34. The van der Waals surface area contributed by atoms with E-state index >= 15 is 0 Å². The number of para-hydroxylation sites is 1. The molecule has 21 heavy (non-hydrogen) atoms. The Hall–Kier alpha value is -1.14. The summed E-state index contributed by atoms with van der Waals surface area (Å²) in [5.41, 5.74) is 4.87. The predicted octanol–water partition coefficient (Wildman–Crippen LogP) is 4.70. The Kier molecular flexibility index (Phi) is 4.45. The van der Waals surface area contributed by atoms with Crippen molar-refractivity contribution < 1.29 is 4.42 Å². The van der Waals surface area contributed by atoms with E-state index in [1.54, 1.807) is 0 Å². The number of furan rings is 1. The van der Waals surface area contributed by atoms with Gasteiger partial charge in [0, 0.05) is 9.86 Å². The van der Waals surface area contributed by atoms with Crippen LogP contribution < -0.4 is 11.3 Å². The summed E-state index contributed by atoms with van der Waals surface area (Å²) >= 11 is 7.07. The lowest BCUT2D eigenvalue weighted by Gasteiger charge is -2.14. The summed E-state index contributed by atoms with van der Waals surface area (Å²) in [5, 5.41) is 1.06. The highest BCUT2D eigenvalue weighted by Gasteiger charge is 2.17. The molecule has 0 radical (unpaired) electrons. The molecule has 0 saturated heterocycles. The molecule has 0 saturated carbocycles. The van der Waals surface area contributed by atoms with Crippen molar-refractivity contribution in [2.45, 2.75) is 12.5 Å². The summed E-state index contributed by atoms with van der Waals surface area (Å²) in [6.45, 7) is 0. The number of nitrogens with two attached hydrogens (primary N) is 1. The van der Waals surface area contributed by atoms with Gasteiger partial charge in [-0.2, -0.15) is 0 Å². The van der Waals surface area contributed by atoms with Gasteiger partial charge in [0.25, 0.3) is 0 Å². The molecule has 0 amide bonds. The van der Waals surface area contributed by atoms with Gasteiger partial charge in [-0.3, -0.25) is 5.84 Å². The van der Waals surface area contributed by atoms with Crippen LogP contribution in [0.2, 0.25) is 0 Å². The first-order chi connectivity index (χ1) is 10.2. The first-order valence-corrected chi connectivity index (χ1v) is 8.15. The molecular weight excluding hydrogens is 396 g/mol. The third kappa shape index (κ3) is 3.06. The lowest BCUT2D eigenvalue weighted by Crippen LogP contribution is -2.29. The Morgan fingerprint density at radius 2 is 1.81 bits per heavy atom. The highest BCUT2D eigenvalue weighted by atomic mass is 79.9. The standard InChI is InChI=1S/C16H14Br2N2O/c17-12-6-2-1-4-10(12)8-14(20-19)15-9-11-5-3-7-13(18)16(11)21-15/h1-7,9,14,20H,8,19H2. The van der Waals surface area contributed by atoms with Gasteiger partial charge in [0.05, 0.1) is 10.5 Å². The number of hydrogen-bond donors (Lipinski definition) is 2. The summed E-state index contributed by atoms with van der Waals surface area (Å²) in [7, 11) is 0. The van der Waals surface area contributed by atoms with Crippen molar-refractivity contribution in [3.8, 4) is 0 Å². The number of benzene rings is 2. The van der Waals surface area contributed by atoms with Crippen molar-refractivity contribution >= 4 is 42.8 Å². The van der Waals surface area contributed by atoms with Gasteiger partial charge >= 0.3 is 0 Å². The number of halogens is 2. The minimum Gasteiger partial charge on any atom is -0.458 e. The van der Waals surface area contributed by atoms with Crippen LogP contribution in [0.4, 0.5) is 0 Å². The van der Waals surface area contributed by atoms with Crippen LogP contribution >= 0.6 is 31.9 Å². The highest BCUT2D eigenvalue weighted by Crippen LogP contribution is 2.31. The van der Waals surface area contributed by atoms with Gasteiger partial charge in [-0.25, -0.2) is 5.43 Å². The van der Waals surface area contributed by atoms with Crippen LogP contribution in [0.5, 0.6) is 0 Å². The molecule has 1 heterocycles. The van der Waals surface area contributed by atoms with Gasteiger partial charge in [0.15, 0.2) is 0 Å². The molecule has 3 N–H and O–H groups in total. The Morgan fingerprint density at radius 1 is 1.05 bits per heavy atom. The molecule has 0 aliphatic carbocycles. The molecular formula is C16H14Br2N2O. The summed E-state index contributed by atoms with van der Waals surface area (Å²) in [4.78, 5) is 0. The zero-order valence-electron chi connectivity index (χ0n) is 11.1. The molecule has 3 nitrogen and oxygen atoms in total. The first kappa shape index (κ1) is 14.8. The Bertz CT molecular complexity index is 770. The van der Waals surface area contributed by atoms with Crippen molar-refractivity contribution in [1.82, 2.24) is 5.43 Å². The van der Waals surface area contributed by atoms with Crippen molar-refractivity contribution in [3.05, 3.63) is 68.8 Å². The minimum absolute atomic E-state index is 0.0806. The Morgan fingerprint density at radius 3 is 2.52 bits per heavy atom. The van der Waals surface area contributed by atoms with Gasteiger partial charge in [-0.05, 0) is 46.1 Å². The third-order valence-corrected chi connectivity index (χ3v) is 4.84. The molecule has 2 aromatic carbocycles. The normalized spacial score (nSPS) is 12.7. The quantitative estimate of drug-likeness (QED) is 0.484. The van der Waals surface area contributed by atoms with Gasteiger partial charge in [0.2, 0.25) is 0 Å². The van der Waals surface area contributed by atoms with Gasteiger partial charge < -0.3 is 4.42 Å². The predicted molar refractivity (Wildman–Crippen MR) is 91.8 cm³/mol. The fourth-order valence-corrected chi connectivity index (χ4v) is 3.25. The zero-order valence-corrected chi connectivity index (χ0v) is 14.3. The average Bonchev–Trinajstić information content (AvgIpc) is 2.92. The molecule has 1 unspecified atom stereocenters. The molecule has 108 valence electrons. The van der Waals surface area contributed by atoms with Crippen LogP contribution in [0.1, 0.15) is 17.4 Å². The van der Waals surface area contributed by atoms with Gasteiger partial charge in [-0.1, -0.05) is 46.3 Å². The molecule has 0 bridgehead atoms. The maximum Gasteiger partial charge on any atom is 0.148 e. The van der Waals surface area contributed by atoms with E-state index in [-0.39, 0.29) is 6.04 Å². The second-order valence-corrected chi connectivity index (χ2v) is 6.53. The minimum atomic E-state index is -0.0806. The zero-order chi connectivity index (χ0) is 14.8. The second kappa shape index (κ2) is 6.32. The van der Waals surface area contributed by atoms with E-state index in [2.05, 4.69) is 43.4 Å². The molecule has 0 aliphatic rings. The van der Waals surface area contributed by atoms with Gasteiger partial charge in [-0.15, -0.1) is 0 Å². The number of rotatable bonds is 4. The van der Waals surface area contributed by atoms with Crippen molar-refractivity contribution in [3.63, 3.8) is 0 Å². The Balaban J connectivity index is 1.95. The first-order valence-electron chi connectivity index (χ1n) is 6.56. The smallest absolute Gasteiger partial charge is 0.148 e. The largest absolute Gasteiger partial charge is 0.458 e. The molecule has 0 aliphatic heterocycles. The van der Waals surface area contributed by atoms with E-state index in [0.29, 0.717) is 0 Å². The summed E-state index contributed by atoms with van der Waals surface area (Å²) in [5.74, 6) is 6.55. The number of hydrazine groups is 1. The molecule has 3 rings (SSSR count). The number of nitrogens with one attached hydrogen (secondary N) is 1. The van der Waals surface area contributed by atoms with Crippen LogP contribution in [-0.2, 0) is 6.42 Å². The third-order valence-electron chi connectivity index (χ3n) is 3.44. The van der Waals surface area contributed by atoms with E-state index in [9.17, 15) is 0 Å². The molecule has 3 aromatic rings. The second-order valence-electron chi connectivity index (χ2n) is 4.82. The molecule has 0 fully saturated rings. The van der Waals surface area contributed by atoms with E-state index in [4.69, 9.17) is 10.3 Å². The van der Waals surface area contributed by atoms with Crippen LogP contribution in [0.25, 0.3) is 11.0 Å². The maximum absolute atomic E-state index is 5.96. The maximum atomic E-state index is 5.96. The average molecular weight is 410 g/mol. The van der Waals surface area contributed by atoms with E-state index in [1.807, 2.05) is 42.5 Å². The topological polar surface area (TPSA) is 51.2 Å². The van der Waals surface area contributed by atoms with Crippen LogP contribution in [0.3, 0.4) is 0 Å². The lowest BCUT2D eigenvalue weighted by molar-refractivity contribution is 0.433. The fraction of sp³-hybridized carbons (Fsp3) is 0.125. The molecule has 1 aromatic heterocycles. The van der Waals surface area contributed by atoms with Crippen molar-refractivity contribution in [2.24, 2.45) is 5.84 Å². The Labute approximate surface area is 139 Å². The molecule has 0 spiro atoms. The van der Waals surface area contributed by atoms with Crippen molar-refractivity contribution in [2.75, 3.05) is 0 Å². The number of fused-ring (bicyclic) bond motifs is 1. The van der Waals surface area contributed by atoms with Crippen LogP contribution in [-0.4, -0.2) is 0 Å². The summed E-state index contributed by atoms with van der Waals surface area (Å²) in [6, 6.07) is 16.0. The van der Waals surface area contributed by atoms with Crippen LogP contribution in [0, 0.1) is 0 Å². The lowest BCUT2D eigenvalue weighted by atomic mass is 10.0. The highest BCUT2D eigenvalue weighted by molar-refractivity contribution is 9.11. The molecule has 5 heteroatoms. The van der Waals surface area contributed by atoms with E-state index in [1.165, 1.54) is 5.56 Å². The number of hydrogen-bond acceptors (Lipinski definition) is 3. The SMILES string of the molecule is NNC(Cc1ccccc1Br)c1cc2cccc(Br)c2o1. The molecule has 1 atom stereocenters. The van der Waals surface area contributed by atoms with E-state index in [0.717, 1.165) is 32.1 Å². The van der Waals surface area contributed by atoms with Crippen LogP contribution in [0.15, 0.2) is 61.9 Å².